The fourth-order valence-corrected chi connectivity index (χ4v) is 1.95. The Balaban J connectivity index is 2.43. The molecule has 0 saturated carbocycles. The van der Waals surface area contributed by atoms with Crippen molar-refractivity contribution in [1.29, 1.82) is 0 Å². The monoisotopic (exact) mass is 198 g/mol. The predicted molar refractivity (Wildman–Crippen MR) is 58.4 cm³/mol. The number of carbonyl (C=O) groups is 1. The van der Waals surface area contributed by atoms with E-state index in [1.54, 1.807) is 0 Å². The lowest BCUT2D eigenvalue weighted by Crippen LogP contribution is -2.42. The van der Waals surface area contributed by atoms with Crippen LogP contribution in [-0.2, 0) is 0 Å². The molecule has 0 bridgehead atoms. The Morgan fingerprint density at radius 1 is 1.14 bits per heavy atom. The van der Waals surface area contributed by atoms with Crippen LogP contribution in [0.1, 0.15) is 39.5 Å². The number of urea groups is 1. The Bertz CT molecular complexity index is 170. The maximum atomic E-state index is 12.0. The molecule has 82 valence electrons. The summed E-state index contributed by atoms with van der Waals surface area (Å²) in [6.07, 6.45) is 4.47. The highest BCUT2D eigenvalue weighted by molar-refractivity contribution is 5.74. The molecule has 0 aromatic carbocycles. The largest absolute Gasteiger partial charge is 0.325 e. The van der Waals surface area contributed by atoms with Gasteiger partial charge in [-0.05, 0) is 25.7 Å². The van der Waals surface area contributed by atoms with Crippen LogP contribution in [0.15, 0.2) is 0 Å². The summed E-state index contributed by atoms with van der Waals surface area (Å²) in [5.41, 5.74) is 0. The number of rotatable bonds is 4. The van der Waals surface area contributed by atoms with Gasteiger partial charge >= 0.3 is 6.03 Å². The topological polar surface area (TPSA) is 23.6 Å². The number of hydrogen-bond acceptors (Lipinski definition) is 1. The van der Waals surface area contributed by atoms with Crippen molar-refractivity contribution in [3.05, 3.63) is 0 Å². The Labute approximate surface area is 87.1 Å². The van der Waals surface area contributed by atoms with E-state index in [1.807, 2.05) is 9.80 Å². The lowest BCUT2D eigenvalue weighted by Gasteiger charge is -2.27. The molecular weight excluding hydrogens is 176 g/mol. The summed E-state index contributed by atoms with van der Waals surface area (Å²) in [5, 5.41) is 0. The van der Waals surface area contributed by atoms with Gasteiger partial charge in [0.25, 0.3) is 0 Å². The summed E-state index contributed by atoms with van der Waals surface area (Å²) in [4.78, 5) is 16.0. The zero-order chi connectivity index (χ0) is 10.4. The van der Waals surface area contributed by atoms with Crippen molar-refractivity contribution in [3.63, 3.8) is 0 Å². The molecule has 0 aromatic heterocycles. The van der Waals surface area contributed by atoms with Crippen molar-refractivity contribution in [1.82, 2.24) is 9.80 Å². The van der Waals surface area contributed by atoms with E-state index in [9.17, 15) is 4.79 Å². The molecule has 2 amide bonds. The molecular formula is C11H22N2O. The number of likely N-dealkylation sites (tertiary alicyclic amines) is 1. The van der Waals surface area contributed by atoms with Crippen LogP contribution >= 0.6 is 0 Å². The minimum Gasteiger partial charge on any atom is -0.325 e. The van der Waals surface area contributed by atoms with Gasteiger partial charge in [0.05, 0.1) is 0 Å². The molecule has 14 heavy (non-hydrogen) atoms. The highest BCUT2D eigenvalue weighted by Gasteiger charge is 2.22. The van der Waals surface area contributed by atoms with Crippen LogP contribution in [-0.4, -0.2) is 42.0 Å². The Morgan fingerprint density at radius 2 is 1.64 bits per heavy atom. The average Bonchev–Trinajstić information content (AvgIpc) is 2.69. The normalized spacial score (nSPS) is 16.0. The van der Waals surface area contributed by atoms with Gasteiger partial charge in [-0.3, -0.25) is 0 Å². The van der Waals surface area contributed by atoms with Crippen LogP contribution in [0.5, 0.6) is 0 Å². The number of hydrogen-bond donors (Lipinski definition) is 0. The molecule has 0 spiro atoms. The molecule has 1 fully saturated rings. The standard InChI is InChI=1S/C11H22N2O/c1-3-7-12(8-4-2)11(14)13-9-5-6-10-13/h3-10H2,1-2H3. The van der Waals surface area contributed by atoms with E-state index >= 15 is 0 Å². The van der Waals surface area contributed by atoms with Crippen LogP contribution in [0.4, 0.5) is 4.79 Å². The van der Waals surface area contributed by atoms with E-state index in [0.29, 0.717) is 0 Å². The van der Waals surface area contributed by atoms with E-state index in [-0.39, 0.29) is 6.03 Å². The smallest absolute Gasteiger partial charge is 0.319 e. The SMILES string of the molecule is CCCN(CCC)C(=O)N1CCCC1. The van der Waals surface area contributed by atoms with Crippen molar-refractivity contribution >= 4 is 6.03 Å². The Morgan fingerprint density at radius 3 is 2.07 bits per heavy atom. The molecule has 0 N–H and O–H groups in total. The van der Waals surface area contributed by atoms with Gasteiger partial charge in [0.15, 0.2) is 0 Å². The van der Waals surface area contributed by atoms with Crippen LogP contribution < -0.4 is 0 Å². The van der Waals surface area contributed by atoms with Crippen molar-refractivity contribution in [2.75, 3.05) is 26.2 Å². The molecule has 1 saturated heterocycles. The second kappa shape index (κ2) is 5.89. The first-order valence-electron chi connectivity index (χ1n) is 5.83. The molecule has 1 aliphatic rings. The summed E-state index contributed by atoms with van der Waals surface area (Å²) >= 11 is 0. The maximum absolute atomic E-state index is 12.0. The minimum absolute atomic E-state index is 0.256. The van der Waals surface area contributed by atoms with E-state index in [1.165, 1.54) is 12.8 Å². The van der Waals surface area contributed by atoms with Crippen molar-refractivity contribution in [2.24, 2.45) is 0 Å². The highest BCUT2D eigenvalue weighted by Crippen LogP contribution is 2.11. The molecule has 0 atom stereocenters. The van der Waals surface area contributed by atoms with Crippen LogP contribution in [0, 0.1) is 0 Å². The first-order chi connectivity index (χ1) is 6.79. The molecule has 1 rings (SSSR count). The molecule has 1 aliphatic heterocycles. The molecule has 0 aromatic rings. The third-order valence-corrected chi connectivity index (χ3v) is 2.63. The summed E-state index contributed by atoms with van der Waals surface area (Å²) in [7, 11) is 0. The molecule has 0 radical (unpaired) electrons. The van der Waals surface area contributed by atoms with Gasteiger partial charge in [0.2, 0.25) is 0 Å². The lowest BCUT2D eigenvalue weighted by atomic mass is 10.3. The van der Waals surface area contributed by atoms with Crippen molar-refractivity contribution in [2.45, 2.75) is 39.5 Å². The third-order valence-electron chi connectivity index (χ3n) is 2.63. The zero-order valence-electron chi connectivity index (χ0n) is 9.46. The third kappa shape index (κ3) is 2.89. The molecule has 1 heterocycles. The molecule has 3 nitrogen and oxygen atoms in total. The predicted octanol–water partition coefficient (Wildman–Crippen LogP) is 2.32. The highest BCUT2D eigenvalue weighted by atomic mass is 16.2. The summed E-state index contributed by atoms with van der Waals surface area (Å²) < 4.78 is 0. The lowest BCUT2D eigenvalue weighted by molar-refractivity contribution is 0.162. The minimum atomic E-state index is 0.256. The van der Waals surface area contributed by atoms with Crippen LogP contribution in [0.3, 0.4) is 0 Å². The van der Waals surface area contributed by atoms with Gasteiger partial charge in [-0.2, -0.15) is 0 Å². The summed E-state index contributed by atoms with van der Waals surface area (Å²) in [6, 6.07) is 0.256. The van der Waals surface area contributed by atoms with Gasteiger partial charge in [-0.25, -0.2) is 4.79 Å². The summed E-state index contributed by atoms with van der Waals surface area (Å²) in [6.45, 7) is 7.98. The van der Waals surface area contributed by atoms with Crippen molar-refractivity contribution in [3.8, 4) is 0 Å². The second-order valence-electron chi connectivity index (χ2n) is 3.96. The van der Waals surface area contributed by atoms with E-state index < -0.39 is 0 Å². The molecule has 3 heteroatoms. The number of nitrogens with zero attached hydrogens (tertiary/aromatic N) is 2. The fourth-order valence-electron chi connectivity index (χ4n) is 1.95. The van der Waals surface area contributed by atoms with E-state index in [0.717, 1.165) is 39.0 Å². The average molecular weight is 198 g/mol. The number of carbonyl (C=O) groups excluding carboxylic acids is 1. The van der Waals surface area contributed by atoms with Crippen molar-refractivity contribution < 1.29 is 4.79 Å². The van der Waals surface area contributed by atoms with Gasteiger partial charge in [-0.15, -0.1) is 0 Å². The zero-order valence-corrected chi connectivity index (χ0v) is 9.46. The molecule has 0 aliphatic carbocycles. The first kappa shape index (κ1) is 11.3. The van der Waals surface area contributed by atoms with Gasteiger partial charge in [-0.1, -0.05) is 13.8 Å². The van der Waals surface area contributed by atoms with Gasteiger partial charge in [0, 0.05) is 26.2 Å². The van der Waals surface area contributed by atoms with E-state index in [2.05, 4.69) is 13.8 Å². The Kier molecular flexibility index (Phi) is 4.77. The van der Waals surface area contributed by atoms with Gasteiger partial charge < -0.3 is 9.80 Å². The fraction of sp³-hybridized carbons (Fsp3) is 0.909. The van der Waals surface area contributed by atoms with Gasteiger partial charge in [0.1, 0.15) is 0 Å². The summed E-state index contributed by atoms with van der Waals surface area (Å²) in [5.74, 6) is 0. The Hall–Kier alpha value is -0.730. The number of amides is 2. The first-order valence-corrected chi connectivity index (χ1v) is 5.83. The quantitative estimate of drug-likeness (QED) is 0.680. The second-order valence-corrected chi connectivity index (χ2v) is 3.96. The maximum Gasteiger partial charge on any atom is 0.319 e. The van der Waals surface area contributed by atoms with E-state index in [4.69, 9.17) is 0 Å². The van der Waals surface area contributed by atoms with Crippen LogP contribution in [0.2, 0.25) is 0 Å². The van der Waals surface area contributed by atoms with Crippen LogP contribution in [0.25, 0.3) is 0 Å². The molecule has 0 unspecified atom stereocenters.